The molecule has 21 heteroatoms. The summed E-state index contributed by atoms with van der Waals surface area (Å²) in [6.45, 7) is 0.407. The van der Waals surface area contributed by atoms with Crippen LogP contribution in [0.15, 0.2) is 19.2 Å². The van der Waals surface area contributed by atoms with Crippen molar-refractivity contribution in [2.75, 3.05) is 0 Å². The average molecular weight is 680 g/mol. The van der Waals surface area contributed by atoms with Gasteiger partial charge in [0.1, 0.15) is 11.4 Å². The molecule has 0 unspecified atom stereocenters. The Labute approximate surface area is 238 Å². The summed E-state index contributed by atoms with van der Waals surface area (Å²) in [7, 11) is 0. The van der Waals surface area contributed by atoms with Crippen LogP contribution in [0.2, 0.25) is 0 Å². The third-order valence-electron chi connectivity index (χ3n) is 6.83. The Morgan fingerprint density at radius 1 is 0.391 bits per heavy atom. The molecule has 0 bridgehead atoms. The lowest BCUT2D eigenvalue weighted by atomic mass is 9.96. The maximum Gasteiger partial charge on any atom is 0.418 e. The monoisotopic (exact) mass is 680 g/mol. The van der Waals surface area contributed by atoms with Gasteiger partial charge in [-0.1, -0.05) is 0 Å². The fourth-order valence-electron chi connectivity index (χ4n) is 4.93. The van der Waals surface area contributed by atoms with Gasteiger partial charge in [-0.15, -0.1) is 0 Å². The summed E-state index contributed by atoms with van der Waals surface area (Å²) in [4.78, 5) is 52.4. The van der Waals surface area contributed by atoms with Crippen LogP contribution in [-0.2, 0) is 12.4 Å². The van der Waals surface area contributed by atoms with Crippen LogP contribution in [0.1, 0.15) is 16.7 Å². The number of hydrogen-bond acceptors (Lipinski definition) is 4. The van der Waals surface area contributed by atoms with Gasteiger partial charge in [0, 0.05) is 5.56 Å². The van der Waals surface area contributed by atoms with Gasteiger partial charge in [0.2, 0.25) is 5.82 Å². The molecule has 3 aromatic carbocycles. The van der Waals surface area contributed by atoms with Gasteiger partial charge >= 0.3 is 12.4 Å². The number of fused-ring (bicyclic) bond motifs is 2. The van der Waals surface area contributed by atoms with E-state index in [1.165, 1.54) is 0 Å². The molecule has 2 heterocycles. The van der Waals surface area contributed by atoms with Crippen molar-refractivity contribution in [1.29, 1.82) is 0 Å². The van der Waals surface area contributed by atoms with Crippen LogP contribution in [0.4, 0.5) is 65.9 Å². The highest BCUT2D eigenvalue weighted by Gasteiger charge is 2.48. The fraction of sp³-hybridized carbons (Fsp3) is 0.120. The van der Waals surface area contributed by atoms with Crippen LogP contribution in [-0.4, -0.2) is 9.13 Å². The van der Waals surface area contributed by atoms with Crippen molar-refractivity contribution >= 4 is 21.5 Å². The molecule has 0 fully saturated rings. The molecule has 46 heavy (non-hydrogen) atoms. The van der Waals surface area contributed by atoms with Crippen LogP contribution in [0.3, 0.4) is 0 Å². The summed E-state index contributed by atoms with van der Waals surface area (Å²) in [6, 6.07) is 0. The minimum atomic E-state index is -6.34. The van der Waals surface area contributed by atoms with Crippen molar-refractivity contribution in [3.05, 3.63) is 110 Å². The van der Waals surface area contributed by atoms with E-state index in [0.717, 1.165) is 0 Å². The second-order valence-electron chi connectivity index (χ2n) is 9.29. The van der Waals surface area contributed by atoms with Gasteiger partial charge in [0.25, 0.3) is 22.2 Å². The van der Waals surface area contributed by atoms with Gasteiger partial charge < -0.3 is 0 Å². The van der Waals surface area contributed by atoms with Crippen LogP contribution >= 0.6 is 0 Å². The van der Waals surface area contributed by atoms with Crippen LogP contribution < -0.4 is 22.2 Å². The number of nitrogens with zero attached hydrogens (tertiary/aromatic N) is 2. The molecule has 0 aliphatic carbocycles. The molecule has 0 saturated heterocycles. The highest BCUT2D eigenvalue weighted by molar-refractivity contribution is 6.07. The second-order valence-corrected chi connectivity index (χ2v) is 9.29. The molecular formula is C25H3F15N2O4. The van der Waals surface area contributed by atoms with Crippen molar-refractivity contribution in [1.82, 2.24) is 9.13 Å². The van der Waals surface area contributed by atoms with Crippen molar-refractivity contribution in [2.45, 2.75) is 19.3 Å². The van der Waals surface area contributed by atoms with Gasteiger partial charge in [-0.25, -0.2) is 48.6 Å². The summed E-state index contributed by atoms with van der Waals surface area (Å²) in [6.07, 6.45) is -12.7. The molecular weight excluding hydrogens is 677 g/mol. The molecule has 0 aliphatic rings. The molecule has 5 rings (SSSR count). The summed E-state index contributed by atoms with van der Waals surface area (Å²) in [5.74, 6) is -25.0. The Morgan fingerprint density at radius 3 is 0.848 bits per heavy atom. The van der Waals surface area contributed by atoms with Crippen LogP contribution in [0.25, 0.3) is 32.9 Å². The molecule has 0 aliphatic heterocycles. The molecule has 0 saturated carbocycles. The van der Waals surface area contributed by atoms with Gasteiger partial charge in [-0.05, 0) is 6.92 Å². The standard InChI is InChI=1S/C25H3F15N2O4/c1-2-9(26)14(31)18(15(32)10(2)27)41-20(43)3-4(21(41)44)8(25(38,39)40)6-5(7(3)24(35,36)37)22(45)42(23(6)46)19-16(33)12(29)11(28)13(30)17(19)34/h1H3. The third-order valence-corrected chi connectivity index (χ3v) is 6.83. The van der Waals surface area contributed by atoms with Gasteiger partial charge in [-0.3, -0.25) is 19.2 Å². The first-order chi connectivity index (χ1) is 21.0. The number of hydrogen-bond donors (Lipinski definition) is 0. The van der Waals surface area contributed by atoms with Gasteiger partial charge in [0.15, 0.2) is 46.5 Å². The zero-order chi connectivity index (χ0) is 34.9. The molecule has 2 aromatic heterocycles. The quantitative estimate of drug-likeness (QED) is 0.141. The zero-order valence-electron chi connectivity index (χ0n) is 21.2. The summed E-state index contributed by atoms with van der Waals surface area (Å²) in [5.41, 5.74) is -23.8. The molecule has 0 radical (unpaired) electrons. The molecule has 0 spiro atoms. The first-order valence-corrected chi connectivity index (χ1v) is 11.5. The van der Waals surface area contributed by atoms with E-state index < -0.39 is 146 Å². The average Bonchev–Trinajstić information content (AvgIpc) is 3.35. The lowest BCUT2D eigenvalue weighted by Gasteiger charge is -2.13. The van der Waals surface area contributed by atoms with Gasteiger partial charge in [-0.2, -0.15) is 26.3 Å². The highest BCUT2D eigenvalue weighted by atomic mass is 19.4. The Balaban J connectivity index is 2.19. The lowest BCUT2D eigenvalue weighted by molar-refractivity contribution is -0.137. The maximum atomic E-state index is 14.7. The van der Waals surface area contributed by atoms with Crippen molar-refractivity contribution in [3.63, 3.8) is 0 Å². The molecule has 6 nitrogen and oxygen atoms in total. The van der Waals surface area contributed by atoms with E-state index in [4.69, 9.17) is 0 Å². The molecule has 0 N–H and O–H groups in total. The minimum Gasteiger partial charge on any atom is -0.268 e. The second kappa shape index (κ2) is 9.69. The van der Waals surface area contributed by atoms with E-state index >= 15 is 0 Å². The predicted molar refractivity (Wildman–Crippen MR) is 122 cm³/mol. The number of alkyl halides is 6. The first kappa shape index (κ1) is 32.3. The van der Waals surface area contributed by atoms with Crippen molar-refractivity contribution < 1.29 is 65.9 Å². The van der Waals surface area contributed by atoms with E-state index in [-0.39, 0.29) is 0 Å². The van der Waals surface area contributed by atoms with E-state index in [0.29, 0.717) is 6.92 Å². The lowest BCUT2D eigenvalue weighted by Crippen LogP contribution is -2.29. The largest absolute Gasteiger partial charge is 0.418 e. The summed E-state index contributed by atoms with van der Waals surface area (Å²) in [5, 5.41) is -10.4. The number of aromatic nitrogens is 2. The molecule has 0 atom stereocenters. The maximum absolute atomic E-state index is 14.7. The third kappa shape index (κ3) is 3.95. The SMILES string of the molecule is Cc1c(F)c(F)c(-n2c(=O)c3c(C(F)(F)F)c4c(=O)n(-c5c(F)c(F)c(F)c(F)c5F)c(=O)c4c(C(F)(F)F)c3c2=O)c(F)c1F. The molecule has 5 aromatic rings. The van der Waals surface area contributed by atoms with Gasteiger partial charge in [0.05, 0.1) is 32.7 Å². The van der Waals surface area contributed by atoms with E-state index in [2.05, 4.69) is 0 Å². The summed E-state index contributed by atoms with van der Waals surface area (Å²) < 4.78 is 212. The van der Waals surface area contributed by atoms with Crippen molar-refractivity contribution in [3.8, 4) is 11.4 Å². The summed E-state index contributed by atoms with van der Waals surface area (Å²) >= 11 is 0. The zero-order valence-corrected chi connectivity index (χ0v) is 21.2. The Hall–Kier alpha value is -5.11. The van der Waals surface area contributed by atoms with E-state index in [1.807, 2.05) is 0 Å². The predicted octanol–water partition coefficient (Wildman–Crippen LogP) is 5.49. The fourth-order valence-corrected chi connectivity index (χ4v) is 4.93. The number of benzene rings is 3. The highest BCUT2D eigenvalue weighted by Crippen LogP contribution is 2.44. The van der Waals surface area contributed by atoms with Crippen molar-refractivity contribution in [2.24, 2.45) is 0 Å². The molecule has 242 valence electrons. The smallest absolute Gasteiger partial charge is 0.268 e. The Bertz CT molecular complexity index is 2120. The van der Waals surface area contributed by atoms with E-state index in [1.54, 1.807) is 0 Å². The Morgan fingerprint density at radius 2 is 0.609 bits per heavy atom. The number of halogens is 15. The normalized spacial score (nSPS) is 12.7. The Kier molecular flexibility index (Phi) is 6.80. The van der Waals surface area contributed by atoms with E-state index in [9.17, 15) is 85.0 Å². The number of rotatable bonds is 2. The van der Waals surface area contributed by atoms with Crippen LogP contribution in [0.5, 0.6) is 0 Å². The minimum absolute atomic E-state index is 0.407. The first-order valence-electron chi connectivity index (χ1n) is 11.5. The molecule has 0 amide bonds. The topological polar surface area (TPSA) is 78.1 Å². The van der Waals surface area contributed by atoms with Crippen LogP contribution in [0, 0.1) is 59.3 Å².